The number of piperazine rings is 1. The Morgan fingerprint density at radius 1 is 1.15 bits per heavy atom. The molecular formula is C27H26F2N8OS. The molecule has 0 amide bonds. The monoisotopic (exact) mass is 551 g/mol. The number of halogens is 2. The van der Waals surface area contributed by atoms with Crippen LogP contribution >= 0.6 is 11.3 Å². The highest BCUT2D eigenvalue weighted by atomic mass is 32.1. The van der Waals surface area contributed by atoms with Crippen LogP contribution in [-0.2, 0) is 18.0 Å². The number of hydrogen-bond donors (Lipinski definition) is 1. The maximum atomic E-state index is 16.6. The van der Waals surface area contributed by atoms with Crippen LogP contribution in [0.15, 0.2) is 12.4 Å². The highest BCUT2D eigenvalue weighted by Gasteiger charge is 2.33. The average molecular weight is 552 g/mol. The van der Waals surface area contributed by atoms with E-state index in [0.717, 1.165) is 29.5 Å². The van der Waals surface area contributed by atoms with Gasteiger partial charge in [-0.3, -0.25) is 9.88 Å². The summed E-state index contributed by atoms with van der Waals surface area (Å²) < 4.78 is 60.1. The van der Waals surface area contributed by atoms with Crippen LogP contribution in [0.1, 0.15) is 27.2 Å². The number of hydrogen-bond acceptors (Lipinski definition) is 10. The maximum Gasteiger partial charge on any atom is 0.226 e. The van der Waals surface area contributed by atoms with E-state index >= 15 is 4.39 Å². The SMILES string of the molecule is [2H]C([2H])([2H])N1CCN([C@@H]2CCN(c3ncc4c5c(c(-c6ncc(F)c7sc(N)c(C#N)c67)c(F)c4n3)COC5)C2)CC1. The van der Waals surface area contributed by atoms with Crippen molar-refractivity contribution in [2.24, 2.45) is 0 Å². The standard InChI is InChI=1S/C27H26F2N8OS/c1-35-4-6-36(7-5-35)14-2-3-37(11-14)27-33-9-16-17-12-38-13-18(17)20(22(29)23(16)34-27)24-21-15(8-30)26(31)39-25(21)19(28)10-32-24/h9-10,14H,2-7,11-13,31H2,1H3/t14-/m1/s1/i1D3. The molecule has 2 fully saturated rings. The Balaban J connectivity index is 1.26. The summed E-state index contributed by atoms with van der Waals surface area (Å²) in [5.41, 5.74) is 7.77. The predicted molar refractivity (Wildman–Crippen MR) is 145 cm³/mol. The molecule has 0 saturated carbocycles. The Labute approximate surface area is 231 Å². The summed E-state index contributed by atoms with van der Waals surface area (Å²) in [6.07, 6.45) is 3.50. The Hall–Kier alpha value is -3.50. The van der Waals surface area contributed by atoms with Crippen molar-refractivity contribution >= 4 is 43.3 Å². The molecule has 200 valence electrons. The van der Waals surface area contributed by atoms with Gasteiger partial charge in [-0.15, -0.1) is 11.3 Å². The van der Waals surface area contributed by atoms with Gasteiger partial charge in [-0.05, 0) is 24.5 Å². The molecule has 4 aromatic rings. The lowest BCUT2D eigenvalue weighted by atomic mass is 9.94. The number of nitrogens with zero attached hydrogens (tertiary/aromatic N) is 7. The highest BCUT2D eigenvalue weighted by molar-refractivity contribution is 7.23. The first kappa shape index (κ1) is 21.3. The molecule has 3 aliphatic heterocycles. The molecule has 7 rings (SSSR count). The average Bonchev–Trinajstić information content (AvgIpc) is 3.73. The fraction of sp³-hybridized carbons (Fsp3) is 0.407. The number of nitrogen functional groups attached to an aromatic ring is 1. The Kier molecular flexibility index (Phi) is 5.09. The van der Waals surface area contributed by atoms with Crippen molar-refractivity contribution in [3.63, 3.8) is 0 Å². The number of thiophene rings is 1. The minimum Gasteiger partial charge on any atom is -0.389 e. The molecule has 2 N–H and O–H groups in total. The molecule has 9 nitrogen and oxygen atoms in total. The maximum absolute atomic E-state index is 16.6. The van der Waals surface area contributed by atoms with Gasteiger partial charge in [-0.25, -0.2) is 18.7 Å². The first-order valence-electron chi connectivity index (χ1n) is 14.2. The summed E-state index contributed by atoms with van der Waals surface area (Å²) >= 11 is 0.934. The van der Waals surface area contributed by atoms with Crippen LogP contribution in [0, 0.1) is 23.0 Å². The van der Waals surface area contributed by atoms with Crippen molar-refractivity contribution in [1.29, 1.82) is 5.26 Å². The van der Waals surface area contributed by atoms with Crippen molar-refractivity contribution in [1.82, 2.24) is 24.8 Å². The number of ether oxygens (including phenoxy) is 1. The second-order valence-electron chi connectivity index (χ2n) is 10.1. The first-order valence-corrected chi connectivity index (χ1v) is 13.6. The third kappa shape index (κ3) is 3.83. The van der Waals surface area contributed by atoms with E-state index in [9.17, 15) is 9.65 Å². The van der Waals surface area contributed by atoms with Crippen LogP contribution in [0.25, 0.3) is 32.2 Å². The molecule has 12 heteroatoms. The molecule has 0 aliphatic carbocycles. The van der Waals surface area contributed by atoms with E-state index in [1.165, 1.54) is 4.90 Å². The molecule has 0 unspecified atom stereocenters. The van der Waals surface area contributed by atoms with E-state index in [2.05, 4.69) is 19.9 Å². The highest BCUT2D eigenvalue weighted by Crippen LogP contribution is 2.45. The number of benzene rings is 1. The smallest absolute Gasteiger partial charge is 0.226 e. The van der Waals surface area contributed by atoms with E-state index < -0.39 is 18.6 Å². The molecule has 1 atom stereocenters. The molecule has 2 saturated heterocycles. The minimum absolute atomic E-state index is 0.0651. The number of likely N-dealkylation sites (N-methyl/N-ethyl adjacent to an activating group) is 1. The number of aromatic nitrogens is 3. The van der Waals surface area contributed by atoms with Crippen molar-refractivity contribution in [3.8, 4) is 17.3 Å². The van der Waals surface area contributed by atoms with Crippen LogP contribution in [0.2, 0.25) is 0 Å². The summed E-state index contributed by atoms with van der Waals surface area (Å²) in [7, 11) is 0. The second-order valence-corrected chi connectivity index (χ2v) is 11.1. The predicted octanol–water partition coefficient (Wildman–Crippen LogP) is 3.49. The van der Waals surface area contributed by atoms with Crippen LogP contribution < -0.4 is 10.6 Å². The van der Waals surface area contributed by atoms with Crippen molar-refractivity contribution in [3.05, 3.63) is 40.7 Å². The van der Waals surface area contributed by atoms with E-state index in [4.69, 9.17) is 14.6 Å². The quantitative estimate of drug-likeness (QED) is 0.409. The number of anilines is 2. The van der Waals surface area contributed by atoms with Gasteiger partial charge in [0.25, 0.3) is 0 Å². The van der Waals surface area contributed by atoms with Gasteiger partial charge in [0.1, 0.15) is 16.6 Å². The molecule has 0 spiro atoms. The summed E-state index contributed by atoms with van der Waals surface area (Å²) in [5.74, 6) is -0.873. The van der Waals surface area contributed by atoms with Gasteiger partial charge in [0.15, 0.2) is 11.6 Å². The molecule has 3 aromatic heterocycles. The topological polar surface area (TPSA) is 107 Å². The van der Waals surface area contributed by atoms with Crippen molar-refractivity contribution in [2.45, 2.75) is 25.7 Å². The molecule has 6 heterocycles. The molecule has 1 aromatic carbocycles. The van der Waals surface area contributed by atoms with Crippen molar-refractivity contribution in [2.75, 3.05) is 56.9 Å². The van der Waals surface area contributed by atoms with Gasteiger partial charge in [0, 0.05) is 72.0 Å². The van der Waals surface area contributed by atoms with E-state index in [1.54, 1.807) is 6.20 Å². The summed E-state index contributed by atoms with van der Waals surface area (Å²) in [5, 5.41) is 10.6. The molecule has 0 bridgehead atoms. The van der Waals surface area contributed by atoms with E-state index in [0.29, 0.717) is 56.2 Å². The third-order valence-corrected chi connectivity index (χ3v) is 9.04. The third-order valence-electron chi connectivity index (χ3n) is 8.01. The van der Waals surface area contributed by atoms with E-state index in [-0.39, 0.29) is 56.7 Å². The normalized spacial score (nSPS) is 21.7. The van der Waals surface area contributed by atoms with Gasteiger partial charge in [0.05, 0.1) is 35.4 Å². The van der Waals surface area contributed by atoms with Crippen molar-refractivity contribution < 1.29 is 17.6 Å². The Morgan fingerprint density at radius 2 is 1.97 bits per heavy atom. The van der Waals surface area contributed by atoms with Gasteiger partial charge >= 0.3 is 0 Å². The lowest BCUT2D eigenvalue weighted by Gasteiger charge is -2.36. The molecular weight excluding hydrogens is 522 g/mol. The van der Waals surface area contributed by atoms with Gasteiger partial charge < -0.3 is 20.3 Å². The lowest BCUT2D eigenvalue weighted by molar-refractivity contribution is 0.120. The fourth-order valence-corrected chi connectivity index (χ4v) is 6.92. The number of nitrogens with two attached hydrogens (primary N) is 1. The lowest BCUT2D eigenvalue weighted by Crippen LogP contribution is -2.49. The van der Waals surface area contributed by atoms with E-state index in [1.807, 2.05) is 11.0 Å². The Morgan fingerprint density at radius 3 is 2.77 bits per heavy atom. The largest absolute Gasteiger partial charge is 0.389 e. The van der Waals surface area contributed by atoms with Crippen LogP contribution in [0.5, 0.6) is 0 Å². The Bertz CT molecular complexity index is 1780. The molecule has 39 heavy (non-hydrogen) atoms. The zero-order valence-electron chi connectivity index (χ0n) is 23.9. The zero-order chi connectivity index (χ0) is 29.3. The summed E-state index contributed by atoms with van der Waals surface area (Å²) in [6, 6.07) is 2.24. The molecule has 0 radical (unpaired) electrons. The van der Waals surface area contributed by atoms with Crippen LogP contribution in [0.4, 0.5) is 19.7 Å². The number of rotatable bonds is 3. The minimum atomic E-state index is -2.08. The summed E-state index contributed by atoms with van der Waals surface area (Å²) in [6.45, 7) is 1.89. The van der Waals surface area contributed by atoms with Crippen LogP contribution in [-0.4, -0.2) is 77.0 Å². The second kappa shape index (κ2) is 9.31. The van der Waals surface area contributed by atoms with Crippen LogP contribution in [0.3, 0.4) is 0 Å². The first-order chi connectivity index (χ1) is 20.2. The fourth-order valence-electron chi connectivity index (χ4n) is 6.00. The number of nitriles is 1. The van der Waals surface area contributed by atoms with Gasteiger partial charge in [-0.2, -0.15) is 5.26 Å². The zero-order valence-corrected chi connectivity index (χ0v) is 21.7. The number of pyridine rings is 1. The number of fused-ring (bicyclic) bond motifs is 4. The van der Waals surface area contributed by atoms with Gasteiger partial charge in [-0.1, -0.05) is 0 Å². The summed E-state index contributed by atoms with van der Waals surface area (Å²) in [4.78, 5) is 19.4. The van der Waals surface area contributed by atoms with Gasteiger partial charge in [0.2, 0.25) is 5.95 Å². The molecule has 3 aliphatic rings.